The van der Waals surface area contributed by atoms with Crippen LogP contribution in [0.2, 0.25) is 0 Å². The lowest BCUT2D eigenvalue weighted by atomic mass is 10.2. The number of rotatable bonds is 6. The van der Waals surface area contributed by atoms with Crippen molar-refractivity contribution in [2.75, 3.05) is 5.32 Å². The molecule has 20 heavy (non-hydrogen) atoms. The zero-order chi connectivity index (χ0) is 14.5. The first-order valence-electron chi connectivity index (χ1n) is 6.65. The molecule has 0 aliphatic heterocycles. The molecule has 5 heteroatoms. The highest BCUT2D eigenvalue weighted by molar-refractivity contribution is 5.93. The summed E-state index contributed by atoms with van der Waals surface area (Å²) in [6.07, 6.45) is 1.57. The van der Waals surface area contributed by atoms with E-state index in [4.69, 9.17) is 5.11 Å². The fourth-order valence-corrected chi connectivity index (χ4v) is 2.14. The van der Waals surface area contributed by atoms with Crippen molar-refractivity contribution in [3.8, 4) is 0 Å². The van der Waals surface area contributed by atoms with Gasteiger partial charge in [0.1, 0.15) is 0 Å². The number of aryl methyl sites for hydroxylation is 1. The van der Waals surface area contributed by atoms with Gasteiger partial charge in [-0.1, -0.05) is 0 Å². The van der Waals surface area contributed by atoms with Crippen LogP contribution in [0.15, 0.2) is 24.3 Å². The number of aliphatic carboxylic acids is 1. The average molecular weight is 274 g/mol. The van der Waals surface area contributed by atoms with E-state index in [1.54, 1.807) is 0 Å². The maximum absolute atomic E-state index is 11.7. The number of amides is 1. The molecule has 0 aliphatic carbocycles. The molecule has 3 N–H and O–H groups in total. The molecular weight excluding hydrogens is 256 g/mol. The maximum atomic E-state index is 11.7. The number of carboxylic acids is 1. The van der Waals surface area contributed by atoms with Gasteiger partial charge in [-0.25, -0.2) is 0 Å². The highest BCUT2D eigenvalue weighted by Crippen LogP contribution is 2.20. The average Bonchev–Trinajstić information content (AvgIpc) is 2.74. The molecule has 0 saturated heterocycles. The van der Waals surface area contributed by atoms with Gasteiger partial charge >= 0.3 is 5.97 Å². The van der Waals surface area contributed by atoms with Crippen molar-refractivity contribution < 1.29 is 14.7 Å². The third-order valence-electron chi connectivity index (χ3n) is 3.08. The van der Waals surface area contributed by atoms with Crippen molar-refractivity contribution in [2.45, 2.75) is 32.6 Å². The summed E-state index contributed by atoms with van der Waals surface area (Å²) in [5.74, 6) is -0.902. The number of aromatic nitrogens is 1. The van der Waals surface area contributed by atoms with Gasteiger partial charge in [-0.15, -0.1) is 0 Å². The number of fused-ring (bicyclic) bond motifs is 1. The molecular formula is C15H18N2O3. The molecule has 0 unspecified atom stereocenters. The Labute approximate surface area is 117 Å². The first kappa shape index (κ1) is 14.1. The first-order chi connectivity index (χ1) is 9.54. The second-order valence-corrected chi connectivity index (χ2v) is 4.90. The molecule has 5 nitrogen and oxygen atoms in total. The van der Waals surface area contributed by atoms with E-state index in [0.29, 0.717) is 19.3 Å². The highest BCUT2D eigenvalue weighted by atomic mass is 16.4. The van der Waals surface area contributed by atoms with Crippen LogP contribution in [0.4, 0.5) is 5.69 Å². The van der Waals surface area contributed by atoms with Gasteiger partial charge in [0.25, 0.3) is 0 Å². The molecule has 0 radical (unpaired) electrons. The molecule has 1 aromatic carbocycles. The fourth-order valence-electron chi connectivity index (χ4n) is 2.14. The largest absolute Gasteiger partial charge is 0.481 e. The molecule has 106 valence electrons. The number of unbranched alkanes of at least 4 members (excludes halogenated alkanes) is 1. The van der Waals surface area contributed by atoms with Crippen LogP contribution in [0.25, 0.3) is 10.9 Å². The van der Waals surface area contributed by atoms with E-state index in [2.05, 4.69) is 10.3 Å². The van der Waals surface area contributed by atoms with Gasteiger partial charge in [0.15, 0.2) is 0 Å². The normalized spacial score (nSPS) is 10.7. The second-order valence-electron chi connectivity index (χ2n) is 4.90. The van der Waals surface area contributed by atoms with Gasteiger partial charge in [0.2, 0.25) is 5.91 Å². The summed E-state index contributed by atoms with van der Waals surface area (Å²) >= 11 is 0. The van der Waals surface area contributed by atoms with Crippen LogP contribution < -0.4 is 5.32 Å². The zero-order valence-corrected chi connectivity index (χ0v) is 11.4. The number of hydrogen-bond donors (Lipinski definition) is 3. The Morgan fingerprint density at radius 1 is 1.20 bits per heavy atom. The lowest BCUT2D eigenvalue weighted by Gasteiger charge is -2.05. The Balaban J connectivity index is 1.87. The third kappa shape index (κ3) is 3.85. The van der Waals surface area contributed by atoms with Gasteiger partial charge in [0, 0.05) is 35.1 Å². The number of hydrogen-bond acceptors (Lipinski definition) is 2. The van der Waals surface area contributed by atoms with E-state index in [9.17, 15) is 9.59 Å². The number of aromatic amines is 1. The number of carbonyl (C=O) groups is 2. The van der Waals surface area contributed by atoms with Crippen LogP contribution in [-0.2, 0) is 9.59 Å². The molecule has 0 atom stereocenters. The van der Waals surface area contributed by atoms with Crippen LogP contribution in [0, 0.1) is 6.92 Å². The van der Waals surface area contributed by atoms with Crippen molar-refractivity contribution in [1.29, 1.82) is 0 Å². The van der Waals surface area contributed by atoms with Crippen molar-refractivity contribution in [2.24, 2.45) is 0 Å². The molecule has 2 aromatic rings. The second kappa shape index (κ2) is 6.23. The van der Waals surface area contributed by atoms with Crippen molar-refractivity contribution in [3.05, 3.63) is 30.0 Å². The standard InChI is InChI=1S/C15H18N2O3/c1-10-8-11-9-12(6-7-13(11)16-10)17-14(18)4-2-3-5-15(19)20/h6-9,16H,2-5H2,1H3,(H,17,18)(H,19,20). The summed E-state index contributed by atoms with van der Waals surface area (Å²) in [6.45, 7) is 1.99. The third-order valence-corrected chi connectivity index (χ3v) is 3.08. The zero-order valence-electron chi connectivity index (χ0n) is 11.4. The first-order valence-corrected chi connectivity index (χ1v) is 6.65. The van der Waals surface area contributed by atoms with E-state index < -0.39 is 5.97 Å². The fraction of sp³-hybridized carbons (Fsp3) is 0.333. The number of carboxylic acid groups (broad SMARTS) is 1. The van der Waals surface area contributed by atoms with E-state index in [-0.39, 0.29) is 12.3 Å². The minimum Gasteiger partial charge on any atom is -0.481 e. The minimum absolute atomic E-state index is 0.0815. The van der Waals surface area contributed by atoms with E-state index in [0.717, 1.165) is 22.3 Å². The summed E-state index contributed by atoms with van der Waals surface area (Å²) in [4.78, 5) is 25.3. The topological polar surface area (TPSA) is 82.2 Å². The summed E-state index contributed by atoms with van der Waals surface area (Å²) < 4.78 is 0. The van der Waals surface area contributed by atoms with Crippen molar-refractivity contribution in [1.82, 2.24) is 4.98 Å². The Kier molecular flexibility index (Phi) is 4.40. The van der Waals surface area contributed by atoms with Crippen molar-refractivity contribution in [3.63, 3.8) is 0 Å². The molecule has 0 saturated carbocycles. The van der Waals surface area contributed by atoms with Gasteiger partial charge in [-0.3, -0.25) is 9.59 Å². The molecule has 0 spiro atoms. The van der Waals surface area contributed by atoms with Gasteiger partial charge in [0.05, 0.1) is 0 Å². The summed E-state index contributed by atoms with van der Waals surface area (Å²) in [7, 11) is 0. The van der Waals surface area contributed by atoms with Gasteiger partial charge < -0.3 is 15.4 Å². The smallest absolute Gasteiger partial charge is 0.303 e. The van der Waals surface area contributed by atoms with E-state index in [1.807, 2.05) is 31.2 Å². The molecule has 0 bridgehead atoms. The Hall–Kier alpha value is -2.30. The SMILES string of the molecule is Cc1cc2cc(NC(=O)CCCCC(=O)O)ccc2[nH]1. The highest BCUT2D eigenvalue weighted by Gasteiger charge is 2.05. The van der Waals surface area contributed by atoms with Crippen LogP contribution in [-0.4, -0.2) is 22.0 Å². The van der Waals surface area contributed by atoms with E-state index >= 15 is 0 Å². The number of carbonyl (C=O) groups excluding carboxylic acids is 1. The van der Waals surface area contributed by atoms with Crippen LogP contribution in [0.3, 0.4) is 0 Å². The van der Waals surface area contributed by atoms with E-state index in [1.165, 1.54) is 0 Å². The number of nitrogens with one attached hydrogen (secondary N) is 2. The number of anilines is 1. The predicted octanol–water partition coefficient (Wildman–Crippen LogP) is 3.06. The van der Waals surface area contributed by atoms with Gasteiger partial charge in [-0.05, 0) is 44.0 Å². The predicted molar refractivity (Wildman–Crippen MR) is 77.8 cm³/mol. The molecule has 1 amide bonds. The lowest BCUT2D eigenvalue weighted by molar-refractivity contribution is -0.137. The quantitative estimate of drug-likeness (QED) is 0.708. The Bertz CT molecular complexity index is 631. The van der Waals surface area contributed by atoms with Gasteiger partial charge in [-0.2, -0.15) is 0 Å². The van der Waals surface area contributed by atoms with Crippen molar-refractivity contribution >= 4 is 28.5 Å². The molecule has 0 aliphatic rings. The summed E-state index contributed by atoms with van der Waals surface area (Å²) in [5.41, 5.74) is 2.89. The lowest BCUT2D eigenvalue weighted by Crippen LogP contribution is -2.11. The number of benzene rings is 1. The van der Waals surface area contributed by atoms with Crippen LogP contribution >= 0.6 is 0 Å². The monoisotopic (exact) mass is 274 g/mol. The van der Waals surface area contributed by atoms with Crippen LogP contribution in [0.1, 0.15) is 31.4 Å². The molecule has 2 rings (SSSR count). The molecule has 1 heterocycles. The summed E-state index contributed by atoms with van der Waals surface area (Å²) in [6, 6.07) is 7.74. The number of H-pyrrole nitrogens is 1. The van der Waals surface area contributed by atoms with Crippen LogP contribution in [0.5, 0.6) is 0 Å². The Morgan fingerprint density at radius 2 is 1.95 bits per heavy atom. The minimum atomic E-state index is -0.821. The molecule has 0 fully saturated rings. The molecule has 1 aromatic heterocycles. The Morgan fingerprint density at radius 3 is 2.70 bits per heavy atom. The maximum Gasteiger partial charge on any atom is 0.303 e. The summed E-state index contributed by atoms with van der Waals surface area (Å²) in [5, 5.41) is 12.4.